The van der Waals surface area contributed by atoms with E-state index in [2.05, 4.69) is 9.97 Å². The molecule has 0 spiro atoms. The van der Waals surface area contributed by atoms with Crippen LogP contribution in [0.2, 0.25) is 5.02 Å². The molecule has 4 aromatic rings. The molecule has 2 amide bonds. The molecule has 0 aliphatic rings. The monoisotopic (exact) mass is 458 g/mol. The Morgan fingerprint density at radius 1 is 0.879 bits per heavy atom. The summed E-state index contributed by atoms with van der Waals surface area (Å²) in [6.07, 6.45) is 2.46. The van der Waals surface area contributed by atoms with Gasteiger partial charge >= 0.3 is 0 Å². The van der Waals surface area contributed by atoms with Gasteiger partial charge in [-0.3, -0.25) is 14.4 Å². The second kappa shape index (κ2) is 9.58. The molecule has 0 radical (unpaired) electrons. The largest absolute Gasteiger partial charge is 0.366 e. The molecule has 8 heteroatoms. The molecule has 3 aromatic carbocycles. The molecule has 33 heavy (non-hydrogen) atoms. The van der Waals surface area contributed by atoms with E-state index < -0.39 is 24.0 Å². The van der Waals surface area contributed by atoms with Gasteiger partial charge in [-0.1, -0.05) is 48.0 Å². The zero-order valence-corrected chi connectivity index (χ0v) is 18.2. The number of rotatable bonds is 7. The van der Waals surface area contributed by atoms with Crippen molar-refractivity contribution in [2.24, 2.45) is 5.73 Å². The van der Waals surface area contributed by atoms with E-state index in [1.807, 2.05) is 42.5 Å². The maximum Gasteiger partial charge on any atom is 0.250 e. The van der Waals surface area contributed by atoms with E-state index in [0.717, 1.165) is 16.3 Å². The molecule has 1 heterocycles. The third kappa shape index (κ3) is 5.05. The molecule has 164 valence electrons. The highest BCUT2D eigenvalue weighted by atomic mass is 35.5. The summed E-state index contributed by atoms with van der Waals surface area (Å²) in [5, 5.41) is 2.22. The molecule has 0 atom stereocenters. The van der Waals surface area contributed by atoms with Crippen molar-refractivity contribution < 1.29 is 14.4 Å². The van der Waals surface area contributed by atoms with Gasteiger partial charge in [0.1, 0.15) is 0 Å². The average Bonchev–Trinajstić information content (AvgIpc) is 2.82. The Kier molecular flexibility index (Phi) is 6.42. The van der Waals surface area contributed by atoms with Crippen LogP contribution in [0.15, 0.2) is 79.1 Å². The van der Waals surface area contributed by atoms with Crippen molar-refractivity contribution in [1.82, 2.24) is 9.97 Å². The Bertz CT molecular complexity index is 1360. The van der Waals surface area contributed by atoms with E-state index in [1.54, 1.807) is 12.1 Å². The van der Waals surface area contributed by atoms with Gasteiger partial charge in [-0.2, -0.15) is 0 Å². The maximum absolute atomic E-state index is 13.2. The minimum absolute atomic E-state index is 0.0291. The van der Waals surface area contributed by atoms with Gasteiger partial charge in [-0.05, 0) is 46.7 Å². The third-order valence-corrected chi connectivity index (χ3v) is 5.43. The molecular formula is C25H19ClN4O3. The first kappa shape index (κ1) is 22.1. The zero-order valence-electron chi connectivity index (χ0n) is 17.4. The van der Waals surface area contributed by atoms with Crippen molar-refractivity contribution in [3.05, 3.63) is 101 Å². The number of nitrogens with zero attached hydrogens (tertiary/aromatic N) is 3. The number of amides is 2. The summed E-state index contributed by atoms with van der Waals surface area (Å²) in [4.78, 5) is 46.7. The molecule has 0 fully saturated rings. The van der Waals surface area contributed by atoms with Gasteiger partial charge in [0.15, 0.2) is 5.82 Å². The predicted molar refractivity (Wildman–Crippen MR) is 126 cm³/mol. The third-order valence-electron chi connectivity index (χ3n) is 5.11. The smallest absolute Gasteiger partial charge is 0.250 e. The lowest BCUT2D eigenvalue weighted by molar-refractivity contribution is -0.117. The molecule has 0 unspecified atom stereocenters. The van der Waals surface area contributed by atoms with Crippen molar-refractivity contribution in [3.8, 4) is 0 Å². The normalized spacial score (nSPS) is 10.7. The molecular weight excluding hydrogens is 440 g/mol. The summed E-state index contributed by atoms with van der Waals surface area (Å²) < 4.78 is 0. The first-order chi connectivity index (χ1) is 15.9. The Balaban J connectivity index is 1.67. The van der Waals surface area contributed by atoms with Gasteiger partial charge in [-0.15, -0.1) is 0 Å². The number of hydrogen-bond acceptors (Lipinski definition) is 5. The number of fused-ring (bicyclic) bond motifs is 1. The number of halogens is 1. The summed E-state index contributed by atoms with van der Waals surface area (Å²) in [6, 6.07) is 19.9. The van der Waals surface area contributed by atoms with Crippen molar-refractivity contribution in [3.63, 3.8) is 0 Å². The molecule has 2 N–H and O–H groups in total. The van der Waals surface area contributed by atoms with Crippen LogP contribution in [0.4, 0.5) is 5.69 Å². The van der Waals surface area contributed by atoms with E-state index in [1.165, 1.54) is 29.4 Å². The Hall–Kier alpha value is -4.10. The summed E-state index contributed by atoms with van der Waals surface area (Å²) >= 11 is 6.23. The van der Waals surface area contributed by atoms with Crippen LogP contribution in [0.3, 0.4) is 0 Å². The van der Waals surface area contributed by atoms with Gasteiger partial charge < -0.3 is 10.6 Å². The molecule has 0 bridgehead atoms. The SMILES string of the molecule is NC(=O)c1ccc(N(Cc2ccc3ccccc3c2)C(=O)CC(=O)c2ncccn2)cc1Cl. The van der Waals surface area contributed by atoms with E-state index in [4.69, 9.17) is 17.3 Å². The topological polar surface area (TPSA) is 106 Å². The molecule has 7 nitrogen and oxygen atoms in total. The molecule has 1 aromatic heterocycles. The molecule has 0 saturated carbocycles. The number of hydrogen-bond donors (Lipinski definition) is 1. The van der Waals surface area contributed by atoms with Gasteiger partial charge in [-0.25, -0.2) is 9.97 Å². The minimum atomic E-state index is -0.671. The molecule has 4 rings (SSSR count). The van der Waals surface area contributed by atoms with E-state index in [9.17, 15) is 14.4 Å². The van der Waals surface area contributed by atoms with E-state index in [0.29, 0.717) is 5.69 Å². The number of carbonyl (C=O) groups is 3. The lowest BCUT2D eigenvalue weighted by Crippen LogP contribution is -2.32. The number of primary amides is 1. The van der Waals surface area contributed by atoms with Crippen LogP contribution < -0.4 is 10.6 Å². The highest BCUT2D eigenvalue weighted by Gasteiger charge is 2.23. The summed E-state index contributed by atoms with van der Waals surface area (Å²) in [5.41, 5.74) is 6.79. The van der Waals surface area contributed by atoms with Crippen LogP contribution in [-0.2, 0) is 11.3 Å². The van der Waals surface area contributed by atoms with Crippen molar-refractivity contribution in [2.75, 3.05) is 4.90 Å². The molecule has 0 saturated heterocycles. The average molecular weight is 459 g/mol. The van der Waals surface area contributed by atoms with Crippen LogP contribution in [-0.4, -0.2) is 27.6 Å². The van der Waals surface area contributed by atoms with E-state index in [-0.39, 0.29) is 23.0 Å². The Morgan fingerprint density at radius 3 is 2.30 bits per heavy atom. The van der Waals surface area contributed by atoms with Crippen molar-refractivity contribution >= 4 is 45.7 Å². The predicted octanol–water partition coefficient (Wildman–Crippen LogP) is 4.19. The maximum atomic E-state index is 13.2. The quantitative estimate of drug-likeness (QED) is 0.330. The van der Waals surface area contributed by atoms with Gasteiger partial charge in [0.2, 0.25) is 17.6 Å². The molecule has 0 aliphatic carbocycles. The number of benzene rings is 3. The van der Waals surface area contributed by atoms with Crippen LogP contribution in [0, 0.1) is 0 Å². The molecule has 0 aliphatic heterocycles. The fraction of sp³-hybridized carbons (Fsp3) is 0.0800. The first-order valence-corrected chi connectivity index (χ1v) is 10.5. The first-order valence-electron chi connectivity index (χ1n) is 10.1. The van der Waals surface area contributed by atoms with Crippen LogP contribution >= 0.6 is 11.6 Å². The second-order valence-electron chi connectivity index (χ2n) is 7.36. The lowest BCUT2D eigenvalue weighted by atomic mass is 10.1. The number of carbonyl (C=O) groups excluding carboxylic acids is 3. The number of aromatic nitrogens is 2. The highest BCUT2D eigenvalue weighted by molar-refractivity contribution is 6.34. The Morgan fingerprint density at radius 2 is 1.61 bits per heavy atom. The van der Waals surface area contributed by atoms with Crippen molar-refractivity contribution in [2.45, 2.75) is 13.0 Å². The summed E-state index contributed by atoms with van der Waals surface area (Å²) in [7, 11) is 0. The van der Waals surface area contributed by atoms with Crippen LogP contribution in [0.5, 0.6) is 0 Å². The fourth-order valence-electron chi connectivity index (χ4n) is 3.47. The summed E-state index contributed by atoms with van der Waals surface area (Å²) in [5.74, 6) is -1.65. The van der Waals surface area contributed by atoms with Gasteiger partial charge in [0.05, 0.1) is 23.6 Å². The van der Waals surface area contributed by atoms with Crippen LogP contribution in [0.1, 0.15) is 33.0 Å². The van der Waals surface area contributed by atoms with Crippen LogP contribution in [0.25, 0.3) is 10.8 Å². The fourth-order valence-corrected chi connectivity index (χ4v) is 3.74. The zero-order chi connectivity index (χ0) is 23.4. The number of Topliss-reactive ketones (excluding diaryl/α,β-unsaturated/α-hetero) is 1. The summed E-state index contributed by atoms with van der Waals surface area (Å²) in [6.45, 7) is 0.193. The highest BCUT2D eigenvalue weighted by Crippen LogP contribution is 2.27. The van der Waals surface area contributed by atoms with E-state index >= 15 is 0 Å². The van der Waals surface area contributed by atoms with Gasteiger partial charge in [0.25, 0.3) is 0 Å². The Labute approximate surface area is 194 Å². The van der Waals surface area contributed by atoms with Crippen molar-refractivity contribution in [1.29, 1.82) is 0 Å². The minimum Gasteiger partial charge on any atom is -0.366 e. The number of ketones is 1. The second-order valence-corrected chi connectivity index (χ2v) is 7.77. The number of nitrogens with two attached hydrogens (primary N) is 1. The van der Waals surface area contributed by atoms with Gasteiger partial charge in [0, 0.05) is 18.1 Å². The number of anilines is 1. The lowest BCUT2D eigenvalue weighted by Gasteiger charge is -2.23. The standard InChI is InChI=1S/C25H19ClN4O3/c26-21-13-19(8-9-20(21)24(27)33)30(23(32)14-22(31)25-28-10-3-11-29-25)15-16-6-7-17-4-1-2-5-18(17)12-16/h1-13H,14-15H2,(H2,27,33).